The minimum absolute atomic E-state index is 0.260. The molecule has 0 atom stereocenters. The summed E-state index contributed by atoms with van der Waals surface area (Å²) in [6.07, 6.45) is 0. The van der Waals surface area contributed by atoms with Crippen LogP contribution in [0.2, 0.25) is 0 Å². The van der Waals surface area contributed by atoms with Crippen LogP contribution < -0.4 is 4.90 Å². The molecular weight excluding hydrogens is 297 g/mol. The Morgan fingerprint density at radius 3 is 2.61 bits per heavy atom. The Balaban J connectivity index is 1.88. The number of hydrogen-bond donors (Lipinski definition) is 0. The number of aromatic nitrogens is 2. The van der Waals surface area contributed by atoms with Gasteiger partial charge in [0.25, 0.3) is 0 Å². The number of ether oxygens (including phenoxy) is 1. The van der Waals surface area contributed by atoms with Crippen LogP contribution in [0.3, 0.4) is 0 Å². The summed E-state index contributed by atoms with van der Waals surface area (Å²) in [7, 11) is 0. The monoisotopic (exact) mass is 313 g/mol. The number of fused-ring (bicyclic) bond motifs is 1. The van der Waals surface area contributed by atoms with E-state index in [-0.39, 0.29) is 5.82 Å². The minimum Gasteiger partial charge on any atom is -0.378 e. The van der Waals surface area contributed by atoms with Crippen molar-refractivity contribution < 1.29 is 13.7 Å². The molecule has 3 aromatic rings. The largest absolute Gasteiger partial charge is 0.378 e. The van der Waals surface area contributed by atoms with Crippen LogP contribution in [-0.2, 0) is 4.74 Å². The van der Waals surface area contributed by atoms with Crippen LogP contribution in [0, 0.1) is 12.7 Å². The van der Waals surface area contributed by atoms with Crippen LogP contribution in [0.25, 0.3) is 22.4 Å². The second kappa shape index (κ2) is 5.62. The highest BCUT2D eigenvalue weighted by molar-refractivity contribution is 5.90. The Bertz CT molecular complexity index is 839. The van der Waals surface area contributed by atoms with Gasteiger partial charge < -0.3 is 14.2 Å². The Morgan fingerprint density at radius 2 is 1.87 bits per heavy atom. The van der Waals surface area contributed by atoms with E-state index in [0.29, 0.717) is 18.8 Å². The first kappa shape index (κ1) is 14.1. The number of rotatable bonds is 2. The van der Waals surface area contributed by atoms with E-state index in [1.807, 2.05) is 13.0 Å². The van der Waals surface area contributed by atoms with E-state index in [1.54, 1.807) is 12.1 Å². The molecule has 4 rings (SSSR count). The topological polar surface area (TPSA) is 51.4 Å². The first-order valence-electron chi connectivity index (χ1n) is 7.58. The summed E-state index contributed by atoms with van der Waals surface area (Å²) in [6.45, 7) is 4.82. The molecule has 0 aliphatic carbocycles. The first-order valence-corrected chi connectivity index (χ1v) is 7.58. The number of halogens is 1. The molecule has 0 spiro atoms. The van der Waals surface area contributed by atoms with Crippen LogP contribution in [0.4, 0.5) is 10.1 Å². The van der Waals surface area contributed by atoms with Crippen LogP contribution in [0.15, 0.2) is 34.9 Å². The quantitative estimate of drug-likeness (QED) is 0.727. The highest BCUT2D eigenvalue weighted by Gasteiger charge is 2.20. The number of benzene rings is 1. The van der Waals surface area contributed by atoms with Crippen LogP contribution >= 0.6 is 0 Å². The van der Waals surface area contributed by atoms with E-state index in [1.165, 1.54) is 12.1 Å². The normalized spacial score (nSPS) is 15.3. The number of anilines is 1. The molecule has 0 saturated carbocycles. The highest BCUT2D eigenvalue weighted by Crippen LogP contribution is 2.32. The van der Waals surface area contributed by atoms with Crippen molar-refractivity contribution in [3.8, 4) is 11.3 Å². The summed E-state index contributed by atoms with van der Waals surface area (Å²) >= 11 is 0. The van der Waals surface area contributed by atoms with Crippen LogP contribution in [-0.4, -0.2) is 36.4 Å². The third kappa shape index (κ3) is 2.55. The van der Waals surface area contributed by atoms with Gasteiger partial charge in [-0.15, -0.1) is 0 Å². The smallest absolute Gasteiger partial charge is 0.208 e. The number of pyridine rings is 1. The molecule has 1 fully saturated rings. The van der Waals surface area contributed by atoms with Crippen molar-refractivity contribution in [1.82, 2.24) is 10.1 Å². The molecule has 1 aromatic carbocycles. The zero-order valence-corrected chi connectivity index (χ0v) is 12.8. The molecule has 0 amide bonds. The summed E-state index contributed by atoms with van der Waals surface area (Å²) in [6, 6.07) is 8.32. The maximum atomic E-state index is 13.2. The molecule has 5 nitrogen and oxygen atoms in total. The van der Waals surface area contributed by atoms with Crippen LogP contribution in [0.5, 0.6) is 0 Å². The van der Waals surface area contributed by atoms with Gasteiger partial charge in [0.05, 0.1) is 24.6 Å². The molecule has 1 aliphatic heterocycles. The molecule has 0 radical (unpaired) electrons. The molecule has 118 valence electrons. The second-order valence-corrected chi connectivity index (χ2v) is 5.58. The lowest BCUT2D eigenvalue weighted by atomic mass is 10.1. The average Bonchev–Trinajstić information content (AvgIpc) is 2.97. The van der Waals surface area contributed by atoms with Gasteiger partial charge in [-0.25, -0.2) is 9.37 Å². The highest BCUT2D eigenvalue weighted by atomic mass is 19.1. The average molecular weight is 313 g/mol. The standard InChI is InChI=1S/C17H16FN3O2/c1-11-16-17(23-20-11)15(21-6-8-22-9-7-21)10-14(19-16)12-2-4-13(18)5-3-12/h2-5,10H,6-9H2,1H3. The van der Waals surface area contributed by atoms with Gasteiger partial charge in [-0.3, -0.25) is 0 Å². The van der Waals surface area contributed by atoms with Crippen molar-refractivity contribution in [3.05, 3.63) is 41.8 Å². The zero-order valence-electron chi connectivity index (χ0n) is 12.8. The van der Waals surface area contributed by atoms with Gasteiger partial charge in [0.15, 0.2) is 0 Å². The Labute approximate surface area is 132 Å². The predicted molar refractivity (Wildman–Crippen MR) is 85.0 cm³/mol. The number of hydrogen-bond acceptors (Lipinski definition) is 5. The third-order valence-corrected chi connectivity index (χ3v) is 4.06. The van der Waals surface area contributed by atoms with Crippen molar-refractivity contribution in [2.24, 2.45) is 0 Å². The lowest BCUT2D eigenvalue weighted by Gasteiger charge is -2.28. The van der Waals surface area contributed by atoms with Gasteiger partial charge >= 0.3 is 0 Å². The fraction of sp³-hybridized carbons (Fsp3) is 0.294. The number of nitrogens with zero attached hydrogens (tertiary/aromatic N) is 3. The number of aryl methyl sites for hydroxylation is 1. The van der Waals surface area contributed by atoms with E-state index in [2.05, 4.69) is 15.0 Å². The predicted octanol–water partition coefficient (Wildman–Crippen LogP) is 3.17. The van der Waals surface area contributed by atoms with E-state index < -0.39 is 0 Å². The fourth-order valence-corrected chi connectivity index (χ4v) is 2.82. The van der Waals surface area contributed by atoms with Gasteiger partial charge in [0.2, 0.25) is 5.58 Å². The lowest BCUT2D eigenvalue weighted by molar-refractivity contribution is 0.122. The van der Waals surface area contributed by atoms with E-state index in [4.69, 9.17) is 9.26 Å². The number of morpholine rings is 1. The molecule has 0 N–H and O–H groups in total. The SMILES string of the molecule is Cc1noc2c(N3CCOCC3)cc(-c3ccc(F)cc3)nc12. The van der Waals surface area contributed by atoms with Gasteiger partial charge in [-0.05, 0) is 37.3 Å². The summed E-state index contributed by atoms with van der Waals surface area (Å²) < 4.78 is 24.1. The first-order chi connectivity index (χ1) is 11.2. The van der Waals surface area contributed by atoms with E-state index >= 15 is 0 Å². The Hall–Kier alpha value is -2.47. The maximum Gasteiger partial charge on any atom is 0.208 e. The van der Waals surface area contributed by atoms with Gasteiger partial charge in [-0.2, -0.15) is 0 Å². The Kier molecular flexibility index (Phi) is 3.46. The van der Waals surface area contributed by atoms with Crippen molar-refractivity contribution in [3.63, 3.8) is 0 Å². The van der Waals surface area contributed by atoms with Crippen molar-refractivity contribution in [2.75, 3.05) is 31.2 Å². The molecule has 0 bridgehead atoms. The molecular formula is C17H16FN3O2. The van der Waals surface area contributed by atoms with Crippen LogP contribution in [0.1, 0.15) is 5.69 Å². The minimum atomic E-state index is -0.260. The van der Waals surface area contributed by atoms with E-state index in [9.17, 15) is 4.39 Å². The summed E-state index contributed by atoms with van der Waals surface area (Å²) in [5.74, 6) is -0.260. The molecule has 0 unspecified atom stereocenters. The van der Waals surface area contributed by atoms with Crippen molar-refractivity contribution in [1.29, 1.82) is 0 Å². The third-order valence-electron chi connectivity index (χ3n) is 4.06. The molecule has 1 saturated heterocycles. The lowest BCUT2D eigenvalue weighted by Crippen LogP contribution is -2.36. The van der Waals surface area contributed by atoms with Gasteiger partial charge in [0, 0.05) is 18.7 Å². The van der Waals surface area contributed by atoms with Crippen molar-refractivity contribution >= 4 is 16.8 Å². The Morgan fingerprint density at radius 1 is 1.13 bits per heavy atom. The molecule has 1 aliphatic rings. The van der Waals surface area contributed by atoms with Crippen molar-refractivity contribution in [2.45, 2.75) is 6.92 Å². The maximum absolute atomic E-state index is 13.2. The molecule has 6 heteroatoms. The summed E-state index contributed by atoms with van der Waals surface area (Å²) in [5.41, 5.74) is 4.79. The van der Waals surface area contributed by atoms with E-state index in [0.717, 1.165) is 41.2 Å². The second-order valence-electron chi connectivity index (χ2n) is 5.58. The fourth-order valence-electron chi connectivity index (χ4n) is 2.82. The molecule has 2 aromatic heterocycles. The summed E-state index contributed by atoms with van der Waals surface area (Å²) in [5, 5.41) is 4.04. The summed E-state index contributed by atoms with van der Waals surface area (Å²) in [4.78, 5) is 6.87. The molecule has 3 heterocycles. The molecule has 23 heavy (non-hydrogen) atoms. The van der Waals surface area contributed by atoms with Gasteiger partial charge in [0.1, 0.15) is 17.0 Å². The van der Waals surface area contributed by atoms with Gasteiger partial charge in [-0.1, -0.05) is 5.16 Å². The zero-order chi connectivity index (χ0) is 15.8.